The molecule has 0 aliphatic rings. The van der Waals surface area contributed by atoms with E-state index in [0.717, 1.165) is 19.3 Å². The Bertz CT molecular complexity index is 534. The Morgan fingerprint density at radius 1 is 1.35 bits per heavy atom. The summed E-state index contributed by atoms with van der Waals surface area (Å²) < 4.78 is 28.2. The minimum atomic E-state index is -3.57. The Hall–Kier alpha value is -0.660. The molecule has 0 aliphatic carbocycles. The largest absolute Gasteiger partial charge is 0.369 e. The zero-order valence-electron chi connectivity index (χ0n) is 12.1. The zero-order valence-corrected chi connectivity index (χ0v) is 14.5. The van der Waals surface area contributed by atoms with Crippen LogP contribution in [0.2, 0.25) is 0 Å². The van der Waals surface area contributed by atoms with Crippen molar-refractivity contribution >= 4 is 31.8 Å². The third-order valence-electron chi connectivity index (χ3n) is 2.73. The van der Waals surface area contributed by atoms with Crippen LogP contribution < -0.4 is 10.0 Å². The van der Waals surface area contributed by atoms with Crippen molar-refractivity contribution in [2.24, 2.45) is 0 Å². The van der Waals surface area contributed by atoms with E-state index in [1.165, 1.54) is 0 Å². The molecule has 7 heteroatoms. The molecule has 1 aromatic heterocycles. The van der Waals surface area contributed by atoms with Gasteiger partial charge in [-0.1, -0.05) is 20.3 Å². The first-order chi connectivity index (χ1) is 9.40. The van der Waals surface area contributed by atoms with Gasteiger partial charge < -0.3 is 5.32 Å². The maximum Gasteiger partial charge on any atom is 0.244 e. The SMILES string of the molecule is CCCNc1ncc(Br)cc1S(=O)(=O)NC(C)CCC. The molecule has 1 rings (SSSR count). The fourth-order valence-corrected chi connectivity index (χ4v) is 3.74. The molecule has 1 unspecified atom stereocenters. The third kappa shape index (κ3) is 5.03. The summed E-state index contributed by atoms with van der Waals surface area (Å²) in [5, 5.41) is 3.05. The van der Waals surface area contributed by atoms with Crippen molar-refractivity contribution < 1.29 is 8.42 Å². The van der Waals surface area contributed by atoms with Gasteiger partial charge >= 0.3 is 0 Å². The second-order valence-electron chi connectivity index (χ2n) is 4.74. The first-order valence-electron chi connectivity index (χ1n) is 6.82. The molecule has 0 fully saturated rings. The van der Waals surface area contributed by atoms with Crippen molar-refractivity contribution in [1.82, 2.24) is 9.71 Å². The molecular formula is C13H22BrN3O2S. The number of halogens is 1. The van der Waals surface area contributed by atoms with Gasteiger partial charge in [0.25, 0.3) is 0 Å². The summed E-state index contributed by atoms with van der Waals surface area (Å²) in [6.07, 6.45) is 4.23. The van der Waals surface area contributed by atoms with Crippen molar-refractivity contribution in [1.29, 1.82) is 0 Å². The van der Waals surface area contributed by atoms with Crippen LogP contribution in [0, 0.1) is 0 Å². The summed E-state index contributed by atoms with van der Waals surface area (Å²) in [4.78, 5) is 4.34. The van der Waals surface area contributed by atoms with Gasteiger partial charge in [0.15, 0.2) is 0 Å². The molecule has 0 radical (unpaired) electrons. The molecule has 1 aromatic rings. The number of nitrogens with one attached hydrogen (secondary N) is 2. The maximum absolute atomic E-state index is 12.4. The van der Waals surface area contributed by atoms with E-state index in [0.29, 0.717) is 16.8 Å². The predicted molar refractivity (Wildman–Crippen MR) is 85.4 cm³/mol. The van der Waals surface area contributed by atoms with Gasteiger partial charge in [-0.3, -0.25) is 0 Å². The fraction of sp³-hybridized carbons (Fsp3) is 0.615. The summed E-state index contributed by atoms with van der Waals surface area (Å²) in [5.74, 6) is 0.395. The number of sulfonamides is 1. The summed E-state index contributed by atoms with van der Waals surface area (Å²) in [7, 11) is -3.57. The van der Waals surface area contributed by atoms with Gasteiger partial charge in [-0.15, -0.1) is 0 Å². The van der Waals surface area contributed by atoms with Crippen LogP contribution in [0.15, 0.2) is 21.6 Å². The van der Waals surface area contributed by atoms with Gasteiger partial charge in [-0.25, -0.2) is 18.1 Å². The highest BCUT2D eigenvalue weighted by Gasteiger charge is 2.22. The Kier molecular flexibility index (Phi) is 6.91. The molecule has 1 atom stereocenters. The highest BCUT2D eigenvalue weighted by Crippen LogP contribution is 2.23. The molecule has 0 amide bonds. The maximum atomic E-state index is 12.4. The number of nitrogens with zero attached hydrogens (tertiary/aromatic N) is 1. The van der Waals surface area contributed by atoms with Gasteiger partial charge in [0.05, 0.1) is 0 Å². The highest BCUT2D eigenvalue weighted by atomic mass is 79.9. The molecule has 0 aliphatic heterocycles. The van der Waals surface area contributed by atoms with E-state index >= 15 is 0 Å². The minimum absolute atomic E-state index is 0.0944. The Morgan fingerprint density at radius 3 is 2.65 bits per heavy atom. The van der Waals surface area contributed by atoms with Crippen molar-refractivity contribution in [3.63, 3.8) is 0 Å². The smallest absolute Gasteiger partial charge is 0.244 e. The molecule has 2 N–H and O–H groups in total. The second-order valence-corrected chi connectivity index (χ2v) is 7.34. The highest BCUT2D eigenvalue weighted by molar-refractivity contribution is 9.10. The van der Waals surface area contributed by atoms with Crippen LogP contribution in [-0.4, -0.2) is 26.0 Å². The first-order valence-corrected chi connectivity index (χ1v) is 9.10. The van der Waals surface area contributed by atoms with E-state index in [1.54, 1.807) is 12.3 Å². The van der Waals surface area contributed by atoms with E-state index in [4.69, 9.17) is 0 Å². The lowest BCUT2D eigenvalue weighted by molar-refractivity contribution is 0.544. The lowest BCUT2D eigenvalue weighted by atomic mass is 10.2. The average Bonchev–Trinajstić information content (AvgIpc) is 2.37. The van der Waals surface area contributed by atoms with E-state index in [1.807, 2.05) is 20.8 Å². The normalized spacial score (nSPS) is 13.2. The molecule has 0 spiro atoms. The van der Waals surface area contributed by atoms with Gasteiger partial charge in [-0.2, -0.15) is 0 Å². The van der Waals surface area contributed by atoms with Crippen molar-refractivity contribution in [2.45, 2.75) is 51.0 Å². The number of aromatic nitrogens is 1. The molecule has 0 saturated carbocycles. The lowest BCUT2D eigenvalue weighted by Crippen LogP contribution is -2.33. The number of anilines is 1. The van der Waals surface area contributed by atoms with Crippen LogP contribution >= 0.6 is 15.9 Å². The first kappa shape index (κ1) is 17.4. The van der Waals surface area contributed by atoms with Gasteiger partial charge in [0.1, 0.15) is 10.7 Å². The van der Waals surface area contributed by atoms with Crippen molar-refractivity contribution in [3.8, 4) is 0 Å². The molecule has 0 saturated heterocycles. The number of pyridine rings is 1. The van der Waals surface area contributed by atoms with E-state index in [-0.39, 0.29) is 10.9 Å². The Labute approximate surface area is 129 Å². The second kappa shape index (κ2) is 7.95. The van der Waals surface area contributed by atoms with Gasteiger partial charge in [-0.05, 0) is 41.8 Å². The van der Waals surface area contributed by atoms with Crippen molar-refractivity contribution in [2.75, 3.05) is 11.9 Å². The summed E-state index contributed by atoms with van der Waals surface area (Å²) in [5.41, 5.74) is 0. The molecule has 0 aromatic carbocycles. The van der Waals surface area contributed by atoms with Crippen LogP contribution in [-0.2, 0) is 10.0 Å². The number of hydrogen-bond acceptors (Lipinski definition) is 4. The molecule has 1 heterocycles. The monoisotopic (exact) mass is 363 g/mol. The molecule has 20 heavy (non-hydrogen) atoms. The Balaban J connectivity index is 3.05. The van der Waals surface area contributed by atoms with Crippen LogP contribution in [0.25, 0.3) is 0 Å². The van der Waals surface area contributed by atoms with E-state index < -0.39 is 10.0 Å². The van der Waals surface area contributed by atoms with Crippen molar-refractivity contribution in [3.05, 3.63) is 16.7 Å². The van der Waals surface area contributed by atoms with Crippen LogP contribution in [0.4, 0.5) is 5.82 Å². The van der Waals surface area contributed by atoms with Crippen LogP contribution in [0.5, 0.6) is 0 Å². The molecule has 114 valence electrons. The predicted octanol–water partition coefficient (Wildman–Crippen LogP) is 3.13. The van der Waals surface area contributed by atoms with E-state index in [9.17, 15) is 8.42 Å². The fourth-order valence-electron chi connectivity index (χ4n) is 1.82. The Morgan fingerprint density at radius 2 is 2.05 bits per heavy atom. The molecule has 5 nitrogen and oxygen atoms in total. The molecule has 0 bridgehead atoms. The lowest BCUT2D eigenvalue weighted by Gasteiger charge is -2.16. The summed E-state index contributed by atoms with van der Waals surface area (Å²) in [6, 6.07) is 1.48. The van der Waals surface area contributed by atoms with Crippen LogP contribution in [0.3, 0.4) is 0 Å². The standard InChI is InChI=1S/C13H22BrN3O2S/c1-4-6-10(3)17-20(18,19)12-8-11(14)9-16-13(12)15-7-5-2/h8-10,17H,4-7H2,1-3H3,(H,15,16). The zero-order chi connectivity index (χ0) is 15.2. The quantitative estimate of drug-likeness (QED) is 0.744. The number of rotatable bonds is 8. The van der Waals surface area contributed by atoms with Gasteiger partial charge in [0.2, 0.25) is 10.0 Å². The molecular weight excluding hydrogens is 342 g/mol. The topological polar surface area (TPSA) is 71.1 Å². The summed E-state index contributed by atoms with van der Waals surface area (Å²) in [6.45, 7) is 6.59. The summed E-state index contributed by atoms with van der Waals surface area (Å²) >= 11 is 3.27. The minimum Gasteiger partial charge on any atom is -0.369 e. The van der Waals surface area contributed by atoms with Crippen LogP contribution in [0.1, 0.15) is 40.0 Å². The van der Waals surface area contributed by atoms with Gasteiger partial charge in [0, 0.05) is 23.3 Å². The third-order valence-corrected chi connectivity index (χ3v) is 4.77. The van der Waals surface area contributed by atoms with E-state index in [2.05, 4.69) is 31.0 Å². The average molecular weight is 364 g/mol. The number of hydrogen-bond donors (Lipinski definition) is 2.